The Labute approximate surface area is 169 Å². The summed E-state index contributed by atoms with van der Waals surface area (Å²) >= 11 is 0. The largest absolute Gasteiger partial charge is 0.497 e. The van der Waals surface area contributed by atoms with Crippen LogP contribution in [0.2, 0.25) is 0 Å². The van der Waals surface area contributed by atoms with Gasteiger partial charge in [0.2, 0.25) is 11.8 Å². The van der Waals surface area contributed by atoms with Crippen molar-refractivity contribution in [3.05, 3.63) is 54.1 Å². The van der Waals surface area contributed by atoms with Gasteiger partial charge >= 0.3 is 0 Å². The molecule has 0 radical (unpaired) electrons. The first-order valence-corrected chi connectivity index (χ1v) is 9.80. The van der Waals surface area contributed by atoms with E-state index < -0.39 is 6.04 Å². The fraction of sp³-hybridized carbons (Fsp3) is 0.318. The molecule has 2 fully saturated rings. The number of ether oxygens (including phenoxy) is 1. The zero-order valence-corrected chi connectivity index (χ0v) is 16.3. The first-order valence-electron chi connectivity index (χ1n) is 9.80. The molecule has 2 aliphatic rings. The molecule has 0 unspecified atom stereocenters. The number of nitrogens with two attached hydrogens (primary N) is 1. The lowest BCUT2D eigenvalue weighted by Gasteiger charge is -2.16. The Bertz CT molecular complexity index is 924. The van der Waals surface area contributed by atoms with E-state index >= 15 is 0 Å². The molecule has 1 atom stereocenters. The second-order valence-electron chi connectivity index (χ2n) is 7.33. The monoisotopic (exact) mass is 394 g/mol. The van der Waals surface area contributed by atoms with Crippen LogP contribution >= 0.6 is 0 Å². The maximum absolute atomic E-state index is 12.8. The third-order valence-electron chi connectivity index (χ3n) is 5.47. The van der Waals surface area contributed by atoms with Crippen LogP contribution in [0.1, 0.15) is 24.8 Å². The van der Waals surface area contributed by atoms with E-state index in [4.69, 9.17) is 4.74 Å². The maximum Gasteiger partial charge on any atom is 0.292 e. The summed E-state index contributed by atoms with van der Waals surface area (Å²) in [4.78, 5) is 40.1. The molecule has 0 spiro atoms. The number of quaternary nitrogens is 1. The Morgan fingerprint density at radius 3 is 2.28 bits per heavy atom. The molecule has 7 nitrogen and oxygen atoms in total. The number of nitrogens with zero attached hydrogens (tertiary/aromatic N) is 2. The van der Waals surface area contributed by atoms with E-state index in [0.717, 1.165) is 24.2 Å². The molecule has 7 heteroatoms. The lowest BCUT2D eigenvalue weighted by Crippen LogP contribution is -2.90. The van der Waals surface area contributed by atoms with Gasteiger partial charge in [0, 0.05) is 24.2 Å². The van der Waals surface area contributed by atoms with Crippen LogP contribution in [0, 0.1) is 0 Å². The number of carbonyl (C=O) groups is 3. The Balaban J connectivity index is 1.38. The van der Waals surface area contributed by atoms with Gasteiger partial charge in [0.05, 0.1) is 19.2 Å². The molecular weight excluding hydrogens is 370 g/mol. The lowest BCUT2D eigenvalue weighted by atomic mass is 10.1. The molecule has 2 aromatic rings. The highest BCUT2D eigenvalue weighted by Gasteiger charge is 2.42. The van der Waals surface area contributed by atoms with Crippen molar-refractivity contribution in [2.45, 2.75) is 31.8 Å². The topological polar surface area (TPSA) is 83.5 Å². The van der Waals surface area contributed by atoms with Crippen LogP contribution in [0.3, 0.4) is 0 Å². The van der Waals surface area contributed by atoms with Crippen LogP contribution in [0.4, 0.5) is 11.4 Å². The second-order valence-corrected chi connectivity index (χ2v) is 7.33. The average molecular weight is 394 g/mol. The minimum atomic E-state index is -0.426. The predicted octanol–water partition coefficient (Wildman–Crippen LogP) is 1.22. The van der Waals surface area contributed by atoms with Gasteiger partial charge in [-0.2, -0.15) is 0 Å². The number of amides is 3. The van der Waals surface area contributed by atoms with Crippen molar-refractivity contribution in [2.24, 2.45) is 0 Å². The Morgan fingerprint density at radius 2 is 1.66 bits per heavy atom. The molecule has 150 valence electrons. The summed E-state index contributed by atoms with van der Waals surface area (Å²) in [7, 11) is 1.57. The fourth-order valence-corrected chi connectivity index (χ4v) is 3.85. The summed E-state index contributed by atoms with van der Waals surface area (Å²) in [6.45, 7) is 1.36. The zero-order valence-electron chi connectivity index (χ0n) is 16.3. The van der Waals surface area contributed by atoms with Crippen LogP contribution in [0.15, 0.2) is 48.5 Å². The Hall–Kier alpha value is -3.19. The van der Waals surface area contributed by atoms with E-state index in [-0.39, 0.29) is 24.1 Å². The zero-order chi connectivity index (χ0) is 20.4. The van der Waals surface area contributed by atoms with Gasteiger partial charge in [-0.25, -0.2) is 4.90 Å². The van der Waals surface area contributed by atoms with Gasteiger partial charge in [-0.1, -0.05) is 12.1 Å². The van der Waals surface area contributed by atoms with Crippen LogP contribution in [-0.2, 0) is 20.9 Å². The molecule has 4 rings (SSSR count). The quantitative estimate of drug-likeness (QED) is 0.747. The van der Waals surface area contributed by atoms with Crippen LogP contribution < -0.4 is 19.9 Å². The molecule has 2 N–H and O–H groups in total. The van der Waals surface area contributed by atoms with E-state index in [9.17, 15) is 14.4 Å². The van der Waals surface area contributed by atoms with Crippen molar-refractivity contribution in [3.8, 4) is 5.75 Å². The standard InChI is InChI=1S/C22H23N3O4/c1-29-18-10-8-17(9-11-18)25-21(27)13-19(22(25)28)23-14-15-4-6-16(7-5-15)24-12-2-3-20(24)26/h4-11,19,23H,2-3,12-14H2,1H3/p+1/t19-/m0/s1. The molecule has 2 aromatic carbocycles. The average Bonchev–Trinajstić information content (AvgIpc) is 3.29. The van der Waals surface area contributed by atoms with E-state index in [2.05, 4.69) is 0 Å². The Morgan fingerprint density at radius 1 is 0.966 bits per heavy atom. The number of hydrogen-bond acceptors (Lipinski definition) is 4. The highest BCUT2D eigenvalue weighted by Crippen LogP contribution is 2.24. The van der Waals surface area contributed by atoms with Gasteiger partial charge < -0.3 is 15.0 Å². The number of anilines is 2. The number of carbonyl (C=O) groups excluding carboxylic acids is 3. The van der Waals surface area contributed by atoms with Gasteiger partial charge in [0.1, 0.15) is 12.3 Å². The number of benzene rings is 2. The van der Waals surface area contributed by atoms with Crippen LogP contribution in [0.25, 0.3) is 0 Å². The third-order valence-corrected chi connectivity index (χ3v) is 5.47. The number of imide groups is 1. The van der Waals surface area contributed by atoms with Crippen molar-refractivity contribution >= 4 is 29.1 Å². The Kier molecular flexibility index (Phi) is 5.31. The number of rotatable bonds is 6. The van der Waals surface area contributed by atoms with Crippen molar-refractivity contribution in [1.82, 2.24) is 0 Å². The number of hydrogen-bond donors (Lipinski definition) is 1. The molecule has 0 bridgehead atoms. The molecule has 0 aromatic heterocycles. The highest BCUT2D eigenvalue weighted by molar-refractivity contribution is 6.21. The van der Waals surface area contributed by atoms with Crippen molar-refractivity contribution in [3.63, 3.8) is 0 Å². The van der Waals surface area contributed by atoms with Gasteiger partial charge in [-0.15, -0.1) is 0 Å². The minimum absolute atomic E-state index is 0.165. The molecule has 2 aliphatic heterocycles. The first-order chi connectivity index (χ1) is 14.1. The van der Waals surface area contributed by atoms with Crippen LogP contribution in [0.5, 0.6) is 5.75 Å². The summed E-state index contributed by atoms with van der Waals surface area (Å²) in [6.07, 6.45) is 1.69. The predicted molar refractivity (Wildman–Crippen MR) is 108 cm³/mol. The van der Waals surface area contributed by atoms with Crippen molar-refractivity contribution < 1.29 is 24.4 Å². The summed E-state index contributed by atoms with van der Waals surface area (Å²) in [6, 6.07) is 14.3. The number of methoxy groups -OCH3 is 1. The molecule has 29 heavy (non-hydrogen) atoms. The van der Waals surface area contributed by atoms with Crippen molar-refractivity contribution in [1.29, 1.82) is 0 Å². The maximum atomic E-state index is 12.8. The van der Waals surface area contributed by atoms with E-state index in [1.54, 1.807) is 36.3 Å². The molecule has 2 heterocycles. The third kappa shape index (κ3) is 3.86. The normalized spacial score (nSPS) is 19.3. The summed E-state index contributed by atoms with van der Waals surface area (Å²) in [5, 5.41) is 1.90. The van der Waals surface area contributed by atoms with Gasteiger partial charge in [0.25, 0.3) is 5.91 Å². The van der Waals surface area contributed by atoms with E-state index in [0.29, 0.717) is 24.4 Å². The molecule has 2 saturated heterocycles. The van der Waals surface area contributed by atoms with Gasteiger partial charge in [-0.3, -0.25) is 14.4 Å². The molecule has 3 amide bonds. The smallest absolute Gasteiger partial charge is 0.292 e. The lowest BCUT2D eigenvalue weighted by molar-refractivity contribution is -0.690. The molecular formula is C22H24N3O4+. The SMILES string of the molecule is COc1ccc(N2C(=O)C[C@H]([NH2+]Cc3ccc(N4CCCC4=O)cc3)C2=O)cc1. The van der Waals surface area contributed by atoms with Crippen LogP contribution in [-0.4, -0.2) is 37.4 Å². The summed E-state index contributed by atoms with van der Waals surface area (Å²) < 4.78 is 5.12. The fourth-order valence-electron chi connectivity index (χ4n) is 3.85. The van der Waals surface area contributed by atoms with E-state index in [1.165, 1.54) is 4.90 Å². The minimum Gasteiger partial charge on any atom is -0.497 e. The summed E-state index contributed by atoms with van der Waals surface area (Å²) in [5.74, 6) is 0.455. The second kappa shape index (κ2) is 8.05. The molecule has 0 aliphatic carbocycles. The van der Waals surface area contributed by atoms with Crippen molar-refractivity contribution in [2.75, 3.05) is 23.5 Å². The highest BCUT2D eigenvalue weighted by atomic mass is 16.5. The van der Waals surface area contributed by atoms with Gasteiger partial charge in [0.15, 0.2) is 6.04 Å². The molecule has 0 saturated carbocycles. The van der Waals surface area contributed by atoms with E-state index in [1.807, 2.05) is 29.6 Å². The first kappa shape index (κ1) is 19.1. The summed E-state index contributed by atoms with van der Waals surface area (Å²) in [5.41, 5.74) is 2.52. The van der Waals surface area contributed by atoms with Gasteiger partial charge in [-0.05, 0) is 42.8 Å².